The van der Waals surface area contributed by atoms with Crippen molar-refractivity contribution in [2.45, 2.75) is 58.9 Å². The van der Waals surface area contributed by atoms with Gasteiger partial charge in [-0.25, -0.2) is 0 Å². The van der Waals surface area contributed by atoms with Gasteiger partial charge < -0.3 is 5.32 Å². The zero-order chi connectivity index (χ0) is 10.6. The Bertz CT molecular complexity index is 189. The second-order valence-electron chi connectivity index (χ2n) is 5.60. The summed E-state index contributed by atoms with van der Waals surface area (Å²) in [5.41, 5.74) is 1.79. The van der Waals surface area contributed by atoms with Crippen LogP contribution in [0, 0.1) is 5.41 Å². The minimum Gasteiger partial charge on any atom is -0.314 e. The standard InChI is InChI=1S/C13H25N/c1-11(2)7-8-13(3,4)9-10-14-12-5-6-12/h12,14H,1,5-10H2,2-4H3. The van der Waals surface area contributed by atoms with E-state index < -0.39 is 0 Å². The van der Waals surface area contributed by atoms with Gasteiger partial charge in [0.2, 0.25) is 0 Å². The number of hydrogen-bond donors (Lipinski definition) is 1. The molecule has 0 radical (unpaired) electrons. The summed E-state index contributed by atoms with van der Waals surface area (Å²) in [4.78, 5) is 0. The maximum absolute atomic E-state index is 3.96. The van der Waals surface area contributed by atoms with Crippen LogP contribution in [-0.4, -0.2) is 12.6 Å². The number of hydrogen-bond acceptors (Lipinski definition) is 1. The largest absolute Gasteiger partial charge is 0.314 e. The Labute approximate surface area is 89.0 Å². The summed E-state index contributed by atoms with van der Waals surface area (Å²) in [6.07, 6.45) is 6.53. The Morgan fingerprint density at radius 2 is 2.00 bits per heavy atom. The highest BCUT2D eigenvalue weighted by Crippen LogP contribution is 2.28. The molecule has 0 aromatic heterocycles. The first-order valence-corrected chi connectivity index (χ1v) is 5.87. The van der Waals surface area contributed by atoms with E-state index in [2.05, 4.69) is 32.7 Å². The van der Waals surface area contributed by atoms with E-state index in [0.29, 0.717) is 5.41 Å². The first-order chi connectivity index (χ1) is 6.49. The van der Waals surface area contributed by atoms with E-state index in [4.69, 9.17) is 0 Å². The van der Waals surface area contributed by atoms with Crippen LogP contribution in [0.5, 0.6) is 0 Å². The second-order valence-corrected chi connectivity index (χ2v) is 5.60. The summed E-state index contributed by atoms with van der Waals surface area (Å²) < 4.78 is 0. The Hall–Kier alpha value is -0.300. The third-order valence-corrected chi connectivity index (χ3v) is 3.04. The van der Waals surface area contributed by atoms with Crippen LogP contribution in [-0.2, 0) is 0 Å². The maximum atomic E-state index is 3.96. The van der Waals surface area contributed by atoms with E-state index in [-0.39, 0.29) is 0 Å². The van der Waals surface area contributed by atoms with Crippen molar-refractivity contribution >= 4 is 0 Å². The van der Waals surface area contributed by atoms with Gasteiger partial charge in [-0.15, -0.1) is 6.58 Å². The van der Waals surface area contributed by atoms with Gasteiger partial charge in [-0.2, -0.15) is 0 Å². The van der Waals surface area contributed by atoms with Gasteiger partial charge in [0.1, 0.15) is 0 Å². The number of rotatable bonds is 7. The van der Waals surface area contributed by atoms with Crippen molar-refractivity contribution in [2.24, 2.45) is 5.41 Å². The topological polar surface area (TPSA) is 12.0 Å². The summed E-state index contributed by atoms with van der Waals surface area (Å²) >= 11 is 0. The molecule has 1 aliphatic carbocycles. The van der Waals surface area contributed by atoms with E-state index in [9.17, 15) is 0 Å². The lowest BCUT2D eigenvalue weighted by molar-refractivity contribution is 0.302. The molecular weight excluding hydrogens is 170 g/mol. The molecule has 0 aliphatic heterocycles. The molecule has 0 atom stereocenters. The van der Waals surface area contributed by atoms with E-state index in [1.165, 1.54) is 44.2 Å². The van der Waals surface area contributed by atoms with Crippen LogP contribution in [0.4, 0.5) is 0 Å². The third-order valence-electron chi connectivity index (χ3n) is 3.04. The van der Waals surface area contributed by atoms with Crippen LogP contribution in [0.1, 0.15) is 52.9 Å². The highest BCUT2D eigenvalue weighted by molar-refractivity contribution is 4.90. The molecule has 82 valence electrons. The molecule has 0 heterocycles. The first kappa shape index (κ1) is 11.8. The molecule has 0 amide bonds. The molecule has 1 nitrogen and oxygen atoms in total. The van der Waals surface area contributed by atoms with Crippen molar-refractivity contribution in [1.82, 2.24) is 5.32 Å². The van der Waals surface area contributed by atoms with Crippen LogP contribution in [0.2, 0.25) is 0 Å². The molecule has 1 heteroatoms. The lowest BCUT2D eigenvalue weighted by Gasteiger charge is -2.24. The molecule has 0 bridgehead atoms. The van der Waals surface area contributed by atoms with Gasteiger partial charge in [-0.05, 0) is 51.0 Å². The maximum Gasteiger partial charge on any atom is 0.00682 e. The average Bonchev–Trinajstić information content (AvgIpc) is 2.85. The van der Waals surface area contributed by atoms with Gasteiger partial charge in [0.05, 0.1) is 0 Å². The molecule has 1 rings (SSSR count). The van der Waals surface area contributed by atoms with Crippen LogP contribution in [0.15, 0.2) is 12.2 Å². The highest BCUT2D eigenvalue weighted by Gasteiger charge is 2.22. The normalized spacial score (nSPS) is 17.1. The molecule has 0 unspecified atom stereocenters. The van der Waals surface area contributed by atoms with Crippen LogP contribution >= 0.6 is 0 Å². The van der Waals surface area contributed by atoms with Gasteiger partial charge in [0.25, 0.3) is 0 Å². The first-order valence-electron chi connectivity index (χ1n) is 5.87. The zero-order valence-electron chi connectivity index (χ0n) is 10.0. The number of allylic oxidation sites excluding steroid dienone is 1. The lowest BCUT2D eigenvalue weighted by Crippen LogP contribution is -2.24. The third kappa shape index (κ3) is 5.43. The molecule has 1 N–H and O–H groups in total. The Kier molecular flexibility index (Phi) is 4.18. The van der Waals surface area contributed by atoms with Gasteiger partial charge in [0, 0.05) is 6.04 Å². The van der Waals surface area contributed by atoms with Crippen LogP contribution in [0.25, 0.3) is 0 Å². The van der Waals surface area contributed by atoms with E-state index in [1.807, 2.05) is 0 Å². The summed E-state index contributed by atoms with van der Waals surface area (Å²) in [6, 6.07) is 0.854. The molecule has 14 heavy (non-hydrogen) atoms. The van der Waals surface area contributed by atoms with E-state index in [0.717, 1.165) is 6.04 Å². The quantitative estimate of drug-likeness (QED) is 0.613. The summed E-state index contributed by atoms with van der Waals surface area (Å²) in [6.45, 7) is 12.0. The highest BCUT2D eigenvalue weighted by atomic mass is 14.9. The zero-order valence-corrected chi connectivity index (χ0v) is 10.0. The van der Waals surface area contributed by atoms with Crippen molar-refractivity contribution in [1.29, 1.82) is 0 Å². The monoisotopic (exact) mass is 195 g/mol. The summed E-state index contributed by atoms with van der Waals surface area (Å²) in [7, 11) is 0. The lowest BCUT2D eigenvalue weighted by atomic mass is 9.83. The van der Waals surface area contributed by atoms with Crippen LogP contribution < -0.4 is 5.32 Å². The van der Waals surface area contributed by atoms with Crippen molar-refractivity contribution in [3.63, 3.8) is 0 Å². The molecule has 1 fully saturated rings. The van der Waals surface area contributed by atoms with Crippen molar-refractivity contribution in [3.8, 4) is 0 Å². The van der Waals surface area contributed by atoms with E-state index >= 15 is 0 Å². The van der Waals surface area contributed by atoms with Crippen molar-refractivity contribution in [2.75, 3.05) is 6.54 Å². The van der Waals surface area contributed by atoms with Crippen LogP contribution in [0.3, 0.4) is 0 Å². The van der Waals surface area contributed by atoms with Gasteiger partial charge in [-0.1, -0.05) is 19.4 Å². The smallest absolute Gasteiger partial charge is 0.00682 e. The number of nitrogens with one attached hydrogen (secondary N) is 1. The molecule has 0 saturated heterocycles. The van der Waals surface area contributed by atoms with Gasteiger partial charge >= 0.3 is 0 Å². The average molecular weight is 195 g/mol. The molecule has 0 aromatic carbocycles. The minimum atomic E-state index is 0.473. The van der Waals surface area contributed by atoms with Crippen molar-refractivity contribution < 1.29 is 0 Å². The Morgan fingerprint density at radius 1 is 1.36 bits per heavy atom. The molecular formula is C13H25N. The molecule has 1 aliphatic rings. The fraction of sp³-hybridized carbons (Fsp3) is 0.846. The molecule has 0 aromatic rings. The Balaban J connectivity index is 2.08. The van der Waals surface area contributed by atoms with E-state index in [1.54, 1.807) is 0 Å². The fourth-order valence-corrected chi connectivity index (χ4v) is 1.58. The predicted molar refractivity (Wildman–Crippen MR) is 63.5 cm³/mol. The van der Waals surface area contributed by atoms with Gasteiger partial charge in [-0.3, -0.25) is 0 Å². The summed E-state index contributed by atoms with van der Waals surface area (Å²) in [5, 5.41) is 3.58. The second kappa shape index (κ2) is 4.97. The van der Waals surface area contributed by atoms with Crippen molar-refractivity contribution in [3.05, 3.63) is 12.2 Å². The van der Waals surface area contributed by atoms with Gasteiger partial charge in [0.15, 0.2) is 0 Å². The molecule has 0 spiro atoms. The molecule has 1 saturated carbocycles. The SMILES string of the molecule is C=C(C)CCC(C)(C)CCNC1CC1. The minimum absolute atomic E-state index is 0.473. The Morgan fingerprint density at radius 3 is 2.50 bits per heavy atom. The summed E-state index contributed by atoms with van der Waals surface area (Å²) in [5.74, 6) is 0. The predicted octanol–water partition coefficient (Wildman–Crippen LogP) is 3.51. The fourth-order valence-electron chi connectivity index (χ4n) is 1.58.